The number of carbonyl (C=O) groups is 3. The lowest BCUT2D eigenvalue weighted by Crippen LogP contribution is -2.30. The van der Waals surface area contributed by atoms with Crippen LogP contribution in [0.5, 0.6) is 0 Å². The minimum Gasteiger partial charge on any atom is -0.462 e. The van der Waals surface area contributed by atoms with Gasteiger partial charge in [0.05, 0.1) is 6.42 Å². The fourth-order valence-corrected chi connectivity index (χ4v) is 10.1. The maximum atomic E-state index is 12.9. The van der Waals surface area contributed by atoms with Crippen LogP contribution in [0.1, 0.15) is 348 Å². The molecule has 0 rings (SSSR count). The highest BCUT2D eigenvalue weighted by Gasteiger charge is 2.19. The van der Waals surface area contributed by atoms with E-state index < -0.39 is 12.1 Å². The van der Waals surface area contributed by atoms with Gasteiger partial charge in [-0.3, -0.25) is 14.4 Å². The third-order valence-electron chi connectivity index (χ3n) is 15.4. The number of unbranched alkanes of at least 4 members (excludes halogenated alkanes) is 38. The van der Waals surface area contributed by atoms with Crippen molar-refractivity contribution in [1.82, 2.24) is 0 Å². The van der Waals surface area contributed by atoms with Crippen molar-refractivity contribution >= 4 is 17.9 Å². The number of esters is 3. The predicted octanol–water partition coefficient (Wildman–Crippen LogP) is 24.4. The molecule has 6 heteroatoms. The normalized spacial score (nSPS) is 12.7. The second-order valence-electron chi connectivity index (χ2n) is 23.4. The molecule has 1 atom stereocenters. The molecular formula is C76H132O6. The van der Waals surface area contributed by atoms with Crippen molar-refractivity contribution in [3.8, 4) is 0 Å². The highest BCUT2D eigenvalue weighted by atomic mass is 16.6. The van der Waals surface area contributed by atoms with Crippen LogP contribution < -0.4 is 0 Å². The van der Waals surface area contributed by atoms with E-state index in [0.29, 0.717) is 12.8 Å². The van der Waals surface area contributed by atoms with Crippen LogP contribution in [0.2, 0.25) is 0 Å². The lowest BCUT2D eigenvalue weighted by Gasteiger charge is -2.18. The summed E-state index contributed by atoms with van der Waals surface area (Å²) in [5, 5.41) is 0. The maximum absolute atomic E-state index is 12.9. The van der Waals surface area contributed by atoms with Gasteiger partial charge in [-0.15, -0.1) is 0 Å². The van der Waals surface area contributed by atoms with Gasteiger partial charge in [-0.05, 0) is 83.5 Å². The first-order valence-electron chi connectivity index (χ1n) is 35.2. The summed E-state index contributed by atoms with van der Waals surface area (Å²) in [6, 6.07) is 0. The van der Waals surface area contributed by atoms with E-state index in [4.69, 9.17) is 14.2 Å². The third-order valence-corrected chi connectivity index (χ3v) is 15.4. The van der Waals surface area contributed by atoms with E-state index in [0.717, 1.165) is 83.5 Å². The van der Waals surface area contributed by atoms with Gasteiger partial charge >= 0.3 is 17.9 Å². The molecule has 0 saturated heterocycles. The number of allylic oxidation sites excluding steroid dienone is 15. The summed E-state index contributed by atoms with van der Waals surface area (Å²) in [5.41, 5.74) is 0. The number of rotatable bonds is 64. The van der Waals surface area contributed by atoms with Gasteiger partial charge < -0.3 is 14.2 Å². The zero-order valence-electron chi connectivity index (χ0n) is 54.2. The Hall–Kier alpha value is -3.67. The highest BCUT2D eigenvalue weighted by Crippen LogP contribution is 2.18. The Balaban J connectivity index is 4.22. The molecule has 0 aromatic rings. The van der Waals surface area contributed by atoms with Crippen LogP contribution >= 0.6 is 0 Å². The SMILES string of the molecule is CC/C=C\C/C=C\C/C=C\C/C=C\C/C=C\CC(=O)OCC(COC(=O)CCCCCCCCCCCCCCCCCCCC/C=C\C/C=C\C/C=C\CCCCCCC)OC(=O)CCCCCCCCCCCCCCCCCC. The molecule has 0 aliphatic rings. The van der Waals surface area contributed by atoms with Gasteiger partial charge in [-0.1, -0.05) is 343 Å². The van der Waals surface area contributed by atoms with Crippen molar-refractivity contribution < 1.29 is 28.6 Å². The number of carbonyl (C=O) groups excluding carboxylic acids is 3. The Morgan fingerprint density at radius 2 is 0.524 bits per heavy atom. The maximum Gasteiger partial charge on any atom is 0.309 e. The summed E-state index contributed by atoms with van der Waals surface area (Å²) in [5.74, 6) is -1.02. The van der Waals surface area contributed by atoms with Gasteiger partial charge in [0, 0.05) is 12.8 Å². The van der Waals surface area contributed by atoms with Gasteiger partial charge in [0.15, 0.2) is 6.10 Å². The molecule has 0 saturated carbocycles. The molecule has 472 valence electrons. The van der Waals surface area contributed by atoms with Crippen LogP contribution in [0.25, 0.3) is 0 Å². The number of ether oxygens (including phenoxy) is 3. The minimum atomic E-state index is -0.816. The Bertz CT molecular complexity index is 1590. The standard InChI is InChI=1S/C76H132O6/c1-4-7-10-13-16-19-22-25-28-30-31-32-33-34-35-36-37-38-39-40-41-42-43-44-45-46-49-51-54-57-60-63-66-69-75(78)81-72-73(71-80-74(77)68-65-62-59-56-53-50-47-27-24-21-18-15-12-9-6-3)82-76(79)70-67-64-61-58-55-52-48-29-26-23-20-17-14-11-8-5-2/h9,12,18,21-22,25,27,30-31,33-34,47,53,56,62,65,73H,4-8,10-11,13-17,19-20,23-24,26,28-29,32,35-46,48-52,54-55,57-61,63-64,66-72H2,1-3H3/b12-9-,21-18-,25-22-,31-30-,34-33-,47-27-,56-53-,65-62-. The Kier molecular flexibility index (Phi) is 66.7. The second kappa shape index (κ2) is 69.8. The van der Waals surface area contributed by atoms with E-state index in [2.05, 4.69) is 106 Å². The van der Waals surface area contributed by atoms with Crippen LogP contribution in [-0.4, -0.2) is 37.2 Å². The van der Waals surface area contributed by atoms with Gasteiger partial charge in [-0.2, -0.15) is 0 Å². The summed E-state index contributed by atoms with van der Waals surface area (Å²) < 4.78 is 16.9. The molecule has 0 N–H and O–H groups in total. The van der Waals surface area contributed by atoms with E-state index in [1.165, 1.54) is 225 Å². The van der Waals surface area contributed by atoms with Gasteiger partial charge in [-0.25, -0.2) is 0 Å². The minimum absolute atomic E-state index is 0.103. The summed E-state index contributed by atoms with van der Waals surface area (Å²) in [6.45, 7) is 6.47. The van der Waals surface area contributed by atoms with Crippen LogP contribution in [0.15, 0.2) is 97.2 Å². The smallest absolute Gasteiger partial charge is 0.309 e. The molecule has 0 bridgehead atoms. The predicted molar refractivity (Wildman–Crippen MR) is 357 cm³/mol. The van der Waals surface area contributed by atoms with Crippen LogP contribution in [0.3, 0.4) is 0 Å². The first-order chi connectivity index (χ1) is 40.5. The van der Waals surface area contributed by atoms with E-state index in [1.807, 2.05) is 6.08 Å². The van der Waals surface area contributed by atoms with Gasteiger partial charge in [0.2, 0.25) is 0 Å². The fourth-order valence-electron chi connectivity index (χ4n) is 10.1. The van der Waals surface area contributed by atoms with Crippen molar-refractivity contribution in [1.29, 1.82) is 0 Å². The first-order valence-corrected chi connectivity index (χ1v) is 35.2. The summed E-state index contributed by atoms with van der Waals surface area (Å²) >= 11 is 0. The molecule has 0 aromatic heterocycles. The van der Waals surface area contributed by atoms with Crippen molar-refractivity contribution in [3.63, 3.8) is 0 Å². The molecule has 0 fully saturated rings. The summed E-state index contributed by atoms with van der Waals surface area (Å²) in [4.78, 5) is 38.3. The van der Waals surface area contributed by atoms with E-state index in [9.17, 15) is 14.4 Å². The van der Waals surface area contributed by atoms with Crippen LogP contribution in [0.4, 0.5) is 0 Å². The van der Waals surface area contributed by atoms with Crippen LogP contribution in [0, 0.1) is 0 Å². The molecule has 0 spiro atoms. The third kappa shape index (κ3) is 67.1. The van der Waals surface area contributed by atoms with Gasteiger partial charge in [0.1, 0.15) is 13.2 Å². The average molecular weight is 1140 g/mol. The quantitative estimate of drug-likeness (QED) is 0.0261. The Morgan fingerprint density at radius 3 is 0.854 bits per heavy atom. The van der Waals surface area contributed by atoms with Crippen molar-refractivity contribution in [3.05, 3.63) is 97.2 Å². The topological polar surface area (TPSA) is 78.9 Å². The molecule has 0 aliphatic heterocycles. The lowest BCUT2D eigenvalue weighted by molar-refractivity contribution is -0.166. The molecule has 6 nitrogen and oxygen atoms in total. The van der Waals surface area contributed by atoms with E-state index >= 15 is 0 Å². The number of hydrogen-bond acceptors (Lipinski definition) is 6. The first kappa shape index (κ1) is 78.3. The lowest BCUT2D eigenvalue weighted by atomic mass is 10.0. The second-order valence-corrected chi connectivity index (χ2v) is 23.4. The van der Waals surface area contributed by atoms with E-state index in [1.54, 1.807) is 6.08 Å². The molecule has 0 heterocycles. The van der Waals surface area contributed by atoms with Gasteiger partial charge in [0.25, 0.3) is 0 Å². The Labute approximate surface area is 508 Å². The molecule has 1 unspecified atom stereocenters. The zero-order valence-corrected chi connectivity index (χ0v) is 54.2. The van der Waals surface area contributed by atoms with Crippen molar-refractivity contribution in [2.75, 3.05) is 13.2 Å². The van der Waals surface area contributed by atoms with Crippen molar-refractivity contribution in [2.24, 2.45) is 0 Å². The molecule has 0 amide bonds. The molecule has 82 heavy (non-hydrogen) atoms. The monoisotopic (exact) mass is 1140 g/mol. The van der Waals surface area contributed by atoms with Crippen molar-refractivity contribution in [2.45, 2.75) is 354 Å². The zero-order chi connectivity index (χ0) is 59.2. The molecule has 0 radical (unpaired) electrons. The molecule has 0 aromatic carbocycles. The summed E-state index contributed by atoms with van der Waals surface area (Å²) in [6.07, 6.45) is 94.7. The fraction of sp³-hybridized carbons (Fsp3) is 0.750. The summed E-state index contributed by atoms with van der Waals surface area (Å²) in [7, 11) is 0. The van der Waals surface area contributed by atoms with E-state index in [-0.39, 0.29) is 31.6 Å². The average Bonchev–Trinajstić information content (AvgIpc) is 3.47. The highest BCUT2D eigenvalue weighted by molar-refractivity contribution is 5.72. The number of hydrogen-bond donors (Lipinski definition) is 0. The molecular weight excluding hydrogens is 1010 g/mol. The molecule has 0 aliphatic carbocycles. The Morgan fingerprint density at radius 1 is 0.268 bits per heavy atom. The van der Waals surface area contributed by atoms with Crippen LogP contribution in [-0.2, 0) is 28.6 Å². The largest absolute Gasteiger partial charge is 0.462 e.